The Kier molecular flexibility index (Phi) is 11.2. The van der Waals surface area contributed by atoms with Gasteiger partial charge in [-0.1, -0.05) is 26.0 Å². The molecule has 2 N–H and O–H groups in total. The Labute approximate surface area is 286 Å². The molecule has 5 atom stereocenters. The zero-order valence-electron chi connectivity index (χ0n) is 27.7. The van der Waals surface area contributed by atoms with E-state index >= 15 is 0 Å². The second kappa shape index (κ2) is 15.8. The number of rotatable bonds is 16. The quantitative estimate of drug-likeness (QED) is 0.211. The van der Waals surface area contributed by atoms with Crippen molar-refractivity contribution in [3.8, 4) is 17.2 Å². The van der Waals surface area contributed by atoms with Crippen LogP contribution in [0.5, 0.6) is 17.2 Å². The minimum absolute atomic E-state index is 0.0114. The first-order chi connectivity index (χ1) is 23.7. The van der Waals surface area contributed by atoms with E-state index in [9.17, 15) is 18.3 Å². The van der Waals surface area contributed by atoms with E-state index in [0.29, 0.717) is 36.9 Å². The molecular formula is C34H44N4O10S. The zero-order chi connectivity index (χ0) is 34.4. The highest BCUT2D eigenvalue weighted by Gasteiger charge is 2.44. The number of ether oxygens (including phenoxy) is 6. The molecule has 0 bridgehead atoms. The molecule has 14 nitrogen and oxygen atoms in total. The molecule has 3 aromatic rings. The molecule has 6 rings (SSSR count). The van der Waals surface area contributed by atoms with E-state index in [1.54, 1.807) is 18.6 Å². The summed E-state index contributed by atoms with van der Waals surface area (Å²) >= 11 is 0. The average molecular weight is 701 g/mol. The van der Waals surface area contributed by atoms with E-state index < -0.39 is 40.7 Å². The van der Waals surface area contributed by atoms with Gasteiger partial charge in [-0.3, -0.25) is 0 Å². The Morgan fingerprint density at radius 1 is 1.12 bits per heavy atom. The lowest BCUT2D eigenvalue weighted by molar-refractivity contribution is -0.0907. The summed E-state index contributed by atoms with van der Waals surface area (Å²) in [6.07, 6.45) is 4.23. The standard InChI is InChI=1S/C34H44N4O10S/c1-23(2)18-38(49(41,42)26-8-9-30-31(17-26)47-22-46-30)19-29(39)28(36-34(40)48-32-20-45-33-27(32)10-15-44-33)16-24-4-6-25(7-5-24)43-14-3-12-37-13-11-35-21-37/h4-9,11,13,17,21,23,27-29,32-33,39H,3,10,12,14-16,18-20,22H2,1-2H3,(H,36,40)/t27-,28-,29+,32+,33+/m0/s1. The molecule has 0 unspecified atom stereocenters. The number of amides is 1. The molecule has 266 valence electrons. The van der Waals surface area contributed by atoms with Crippen molar-refractivity contribution in [2.24, 2.45) is 11.8 Å². The number of alkyl carbamates (subject to hydrolysis) is 1. The van der Waals surface area contributed by atoms with Crippen molar-refractivity contribution in [1.82, 2.24) is 19.2 Å². The number of aryl methyl sites for hydroxylation is 1. The molecule has 0 aliphatic carbocycles. The van der Waals surface area contributed by atoms with Crippen LogP contribution in [0.3, 0.4) is 0 Å². The van der Waals surface area contributed by atoms with Crippen molar-refractivity contribution < 1.29 is 46.7 Å². The first-order valence-electron chi connectivity index (χ1n) is 16.6. The summed E-state index contributed by atoms with van der Waals surface area (Å²) in [6, 6.07) is 10.9. The Morgan fingerprint density at radius 2 is 1.94 bits per heavy atom. The lowest BCUT2D eigenvalue weighted by Gasteiger charge is -2.31. The van der Waals surface area contributed by atoms with Gasteiger partial charge in [0, 0.05) is 38.1 Å². The number of aliphatic hydroxyl groups excluding tert-OH is 1. The van der Waals surface area contributed by atoms with Gasteiger partial charge in [0.25, 0.3) is 0 Å². The van der Waals surface area contributed by atoms with Crippen LogP contribution in [-0.2, 0) is 37.2 Å². The van der Waals surface area contributed by atoms with Crippen LogP contribution in [0, 0.1) is 11.8 Å². The second-order valence-electron chi connectivity index (χ2n) is 12.9. The van der Waals surface area contributed by atoms with Gasteiger partial charge in [-0.05, 0) is 55.0 Å². The number of nitrogens with zero attached hydrogens (tertiary/aromatic N) is 3. The summed E-state index contributed by atoms with van der Waals surface area (Å²) in [6.45, 7) is 5.73. The van der Waals surface area contributed by atoms with E-state index in [1.165, 1.54) is 16.4 Å². The largest absolute Gasteiger partial charge is 0.494 e. The van der Waals surface area contributed by atoms with Gasteiger partial charge in [-0.2, -0.15) is 4.31 Å². The summed E-state index contributed by atoms with van der Waals surface area (Å²) in [5.41, 5.74) is 0.803. The minimum Gasteiger partial charge on any atom is -0.494 e. The average Bonchev–Trinajstić information content (AvgIpc) is 3.90. The van der Waals surface area contributed by atoms with Crippen LogP contribution >= 0.6 is 0 Å². The number of nitrogens with one attached hydrogen (secondary N) is 1. The fourth-order valence-corrected chi connectivity index (χ4v) is 7.82. The van der Waals surface area contributed by atoms with Crippen LogP contribution in [0.15, 0.2) is 66.1 Å². The predicted octanol–water partition coefficient (Wildman–Crippen LogP) is 3.19. The molecule has 0 saturated carbocycles. The highest BCUT2D eigenvalue weighted by Crippen LogP contribution is 2.35. The van der Waals surface area contributed by atoms with Gasteiger partial charge >= 0.3 is 6.09 Å². The summed E-state index contributed by atoms with van der Waals surface area (Å²) in [7, 11) is -4.07. The molecular weight excluding hydrogens is 656 g/mol. The minimum atomic E-state index is -4.07. The van der Waals surface area contributed by atoms with Gasteiger partial charge < -0.3 is 43.4 Å². The van der Waals surface area contributed by atoms with Gasteiger partial charge in [0.15, 0.2) is 17.8 Å². The fraction of sp³-hybridized carbons (Fsp3) is 0.529. The highest BCUT2D eigenvalue weighted by atomic mass is 32.2. The normalized spacial score (nSPS) is 21.1. The van der Waals surface area contributed by atoms with Gasteiger partial charge in [0.2, 0.25) is 16.8 Å². The summed E-state index contributed by atoms with van der Waals surface area (Å²) in [5, 5.41) is 14.5. The third kappa shape index (κ3) is 8.83. The number of hydrogen-bond acceptors (Lipinski definition) is 11. The molecule has 0 spiro atoms. The van der Waals surface area contributed by atoms with Crippen molar-refractivity contribution in [3.63, 3.8) is 0 Å². The molecule has 2 saturated heterocycles. The van der Waals surface area contributed by atoms with Gasteiger partial charge in [-0.25, -0.2) is 18.2 Å². The van der Waals surface area contributed by atoms with E-state index in [4.69, 9.17) is 28.4 Å². The van der Waals surface area contributed by atoms with E-state index in [2.05, 4.69) is 10.3 Å². The summed E-state index contributed by atoms with van der Waals surface area (Å²) in [4.78, 5) is 17.3. The van der Waals surface area contributed by atoms with E-state index in [0.717, 1.165) is 18.5 Å². The van der Waals surface area contributed by atoms with E-state index in [1.807, 2.05) is 48.9 Å². The smallest absolute Gasteiger partial charge is 0.407 e. The third-order valence-corrected chi connectivity index (χ3v) is 10.5. The van der Waals surface area contributed by atoms with Crippen molar-refractivity contribution in [2.75, 3.05) is 39.7 Å². The number of sulfonamides is 1. The first kappa shape index (κ1) is 35.0. The number of carbonyl (C=O) groups excluding carboxylic acids is 1. The van der Waals surface area contributed by atoms with Crippen LogP contribution in [0.2, 0.25) is 0 Å². The van der Waals surface area contributed by atoms with Crippen molar-refractivity contribution >= 4 is 16.1 Å². The molecule has 3 aliphatic heterocycles. The number of aliphatic hydroxyl groups is 1. The van der Waals surface area contributed by atoms with Gasteiger partial charge in [0.05, 0.1) is 49.1 Å². The lowest BCUT2D eigenvalue weighted by atomic mass is 10.0. The van der Waals surface area contributed by atoms with Gasteiger partial charge in [0.1, 0.15) is 11.9 Å². The Bertz CT molecular complexity index is 1640. The third-order valence-electron chi connectivity index (χ3n) is 8.72. The second-order valence-corrected chi connectivity index (χ2v) is 14.8. The number of aromatic nitrogens is 2. The molecule has 2 aromatic carbocycles. The number of benzene rings is 2. The molecule has 3 aliphatic rings. The van der Waals surface area contributed by atoms with E-state index in [-0.39, 0.29) is 49.6 Å². The van der Waals surface area contributed by atoms with Crippen LogP contribution in [0.1, 0.15) is 32.3 Å². The number of fused-ring (bicyclic) bond motifs is 2. The maximum atomic E-state index is 13.9. The highest BCUT2D eigenvalue weighted by molar-refractivity contribution is 7.89. The van der Waals surface area contributed by atoms with Gasteiger partial charge in [-0.15, -0.1) is 0 Å². The van der Waals surface area contributed by atoms with Crippen LogP contribution < -0.4 is 19.5 Å². The predicted molar refractivity (Wildman–Crippen MR) is 176 cm³/mol. The maximum Gasteiger partial charge on any atom is 0.407 e. The Hall–Kier alpha value is -3.89. The topological polar surface area (TPSA) is 160 Å². The van der Waals surface area contributed by atoms with Crippen LogP contribution in [-0.4, -0.2) is 97.7 Å². The number of carbonyl (C=O) groups is 1. The molecule has 49 heavy (non-hydrogen) atoms. The van der Waals surface area contributed by atoms with Crippen molar-refractivity contribution in [3.05, 3.63) is 66.7 Å². The zero-order valence-corrected chi connectivity index (χ0v) is 28.5. The summed E-state index contributed by atoms with van der Waals surface area (Å²) < 4.78 is 64.6. The maximum absolute atomic E-state index is 13.9. The number of hydrogen-bond donors (Lipinski definition) is 2. The Balaban J connectivity index is 1.15. The monoisotopic (exact) mass is 700 g/mol. The van der Waals surface area contributed by atoms with Crippen LogP contribution in [0.4, 0.5) is 4.79 Å². The molecule has 1 aromatic heterocycles. The van der Waals surface area contributed by atoms with Crippen molar-refractivity contribution in [2.45, 2.75) is 69.1 Å². The molecule has 4 heterocycles. The first-order valence-corrected chi connectivity index (χ1v) is 18.1. The SMILES string of the molecule is CC(C)CN(C[C@@H](O)[C@H](Cc1ccc(OCCCn2ccnc2)cc1)NC(=O)O[C@@H]1CO[C@H]2OCC[C@H]21)S(=O)(=O)c1ccc2c(c1)OCO2. The molecule has 2 fully saturated rings. The Morgan fingerprint density at radius 3 is 2.71 bits per heavy atom. The molecule has 1 amide bonds. The molecule has 15 heteroatoms. The number of imidazole rings is 1. The fourth-order valence-electron chi connectivity index (χ4n) is 6.19. The van der Waals surface area contributed by atoms with Crippen LogP contribution in [0.25, 0.3) is 0 Å². The molecule has 0 radical (unpaired) electrons. The van der Waals surface area contributed by atoms with Crippen molar-refractivity contribution in [1.29, 1.82) is 0 Å². The summed E-state index contributed by atoms with van der Waals surface area (Å²) in [5.74, 6) is 1.38. The lowest BCUT2D eigenvalue weighted by Crippen LogP contribution is -2.51.